The Morgan fingerprint density at radius 3 is 2.90 bits per heavy atom. The Balaban J connectivity index is 2.27. The highest BCUT2D eigenvalue weighted by molar-refractivity contribution is 5.91. The Morgan fingerprint density at radius 2 is 2.20 bits per heavy atom. The summed E-state index contributed by atoms with van der Waals surface area (Å²) in [5.41, 5.74) is 2.34. The number of hydrogen-bond donors (Lipinski definition) is 0. The van der Waals surface area contributed by atoms with Crippen molar-refractivity contribution in [1.29, 1.82) is 0 Å². The largest absolute Gasteiger partial charge is 0.466 e. The lowest BCUT2D eigenvalue weighted by Crippen LogP contribution is -2.18. The third-order valence-corrected chi connectivity index (χ3v) is 3.91. The lowest BCUT2D eigenvalue weighted by molar-refractivity contribution is -0.139. The molecule has 1 aliphatic carbocycles. The highest BCUT2D eigenvalue weighted by atomic mass is 16.6. The van der Waals surface area contributed by atoms with Crippen molar-refractivity contribution in [2.75, 3.05) is 7.11 Å². The fraction of sp³-hybridized carbons (Fsp3) is 0.500. The molecule has 0 aromatic rings. The summed E-state index contributed by atoms with van der Waals surface area (Å²) in [6.45, 7) is 5.84. The van der Waals surface area contributed by atoms with Crippen molar-refractivity contribution < 1.29 is 19.1 Å². The second-order valence-corrected chi connectivity index (χ2v) is 5.33. The van der Waals surface area contributed by atoms with Crippen molar-refractivity contribution in [2.45, 2.75) is 38.7 Å². The number of carbonyl (C=O) groups is 2. The van der Waals surface area contributed by atoms with Crippen LogP contribution in [0.15, 0.2) is 35.5 Å². The molecule has 0 bridgehead atoms. The molecule has 1 saturated heterocycles. The maximum absolute atomic E-state index is 11.7. The molecule has 0 N–H and O–H groups in total. The van der Waals surface area contributed by atoms with E-state index in [0.29, 0.717) is 24.0 Å². The monoisotopic (exact) mass is 276 g/mol. The zero-order chi connectivity index (χ0) is 14.7. The van der Waals surface area contributed by atoms with Crippen LogP contribution < -0.4 is 0 Å². The van der Waals surface area contributed by atoms with Gasteiger partial charge in [-0.25, -0.2) is 9.59 Å². The minimum Gasteiger partial charge on any atom is -0.466 e. The van der Waals surface area contributed by atoms with Crippen molar-refractivity contribution >= 4 is 11.9 Å². The predicted octanol–water partition coefficient (Wildman–Crippen LogP) is 2.70. The molecule has 0 aromatic carbocycles. The van der Waals surface area contributed by atoms with Crippen LogP contribution in [0.25, 0.3) is 0 Å². The minimum atomic E-state index is -0.319. The first-order chi connectivity index (χ1) is 9.52. The fourth-order valence-corrected chi connectivity index (χ4v) is 2.71. The van der Waals surface area contributed by atoms with Crippen LogP contribution in [0.4, 0.5) is 0 Å². The number of fused-ring (bicyclic) bond motifs is 1. The Kier molecular flexibility index (Phi) is 4.42. The SMILES string of the molecule is C=C1C(=O)O[C@H]2C/C(C)=C/CC/C(C(=O)OC)=C\C[C@H]12. The van der Waals surface area contributed by atoms with Gasteiger partial charge in [-0.05, 0) is 26.2 Å². The number of hydrogen-bond acceptors (Lipinski definition) is 4. The molecular formula is C16H20O4. The maximum Gasteiger partial charge on any atom is 0.334 e. The van der Waals surface area contributed by atoms with E-state index >= 15 is 0 Å². The van der Waals surface area contributed by atoms with Crippen molar-refractivity contribution in [3.05, 3.63) is 35.5 Å². The first-order valence-electron chi connectivity index (χ1n) is 6.85. The molecule has 0 aromatic heterocycles. The summed E-state index contributed by atoms with van der Waals surface area (Å²) >= 11 is 0. The lowest BCUT2D eigenvalue weighted by atomic mass is 9.88. The standard InChI is InChI=1S/C16H20O4/c1-10-5-4-6-12(16(18)19-3)7-8-13-11(2)15(17)20-14(13)9-10/h5,7,13-14H,2,4,6,8-9H2,1,3H3/b10-5+,12-7+/t13-,14+/m1/s1. The molecule has 4 heteroatoms. The van der Waals surface area contributed by atoms with Gasteiger partial charge in [0, 0.05) is 23.5 Å². The average molecular weight is 276 g/mol. The summed E-state index contributed by atoms with van der Waals surface area (Å²) in [4.78, 5) is 23.4. The molecule has 108 valence electrons. The second kappa shape index (κ2) is 6.07. The molecule has 0 amide bonds. The van der Waals surface area contributed by atoms with Crippen molar-refractivity contribution in [3.63, 3.8) is 0 Å². The number of ether oxygens (including phenoxy) is 2. The van der Waals surface area contributed by atoms with Crippen molar-refractivity contribution in [2.24, 2.45) is 5.92 Å². The molecule has 0 radical (unpaired) electrons. The minimum absolute atomic E-state index is 0.0522. The molecule has 0 saturated carbocycles. The van der Waals surface area contributed by atoms with E-state index in [1.54, 1.807) is 0 Å². The van der Waals surface area contributed by atoms with Crippen molar-refractivity contribution in [3.8, 4) is 0 Å². The maximum atomic E-state index is 11.7. The van der Waals surface area contributed by atoms with Gasteiger partial charge in [0.1, 0.15) is 6.10 Å². The quantitative estimate of drug-likeness (QED) is 0.420. The third-order valence-electron chi connectivity index (χ3n) is 3.91. The number of allylic oxidation sites excluding steroid dienone is 2. The summed E-state index contributed by atoms with van der Waals surface area (Å²) < 4.78 is 10.2. The van der Waals surface area contributed by atoms with Gasteiger partial charge >= 0.3 is 11.9 Å². The number of carbonyl (C=O) groups excluding carboxylic acids is 2. The Morgan fingerprint density at radius 1 is 1.45 bits per heavy atom. The molecule has 1 fully saturated rings. The molecule has 4 nitrogen and oxygen atoms in total. The normalized spacial score (nSPS) is 32.3. The first-order valence-corrected chi connectivity index (χ1v) is 6.85. The van der Waals surface area contributed by atoms with Gasteiger partial charge in [-0.2, -0.15) is 0 Å². The van der Waals surface area contributed by atoms with E-state index in [4.69, 9.17) is 9.47 Å². The first kappa shape index (κ1) is 14.6. The van der Waals surface area contributed by atoms with Gasteiger partial charge in [0.05, 0.1) is 7.11 Å². The van der Waals surface area contributed by atoms with Crippen LogP contribution >= 0.6 is 0 Å². The van der Waals surface area contributed by atoms with Gasteiger partial charge in [0.2, 0.25) is 0 Å². The van der Waals surface area contributed by atoms with E-state index in [2.05, 4.69) is 12.7 Å². The molecule has 1 heterocycles. The summed E-state index contributed by atoms with van der Waals surface area (Å²) in [7, 11) is 1.38. The van der Waals surface area contributed by atoms with Gasteiger partial charge < -0.3 is 9.47 Å². The van der Waals surface area contributed by atoms with Crippen LogP contribution in [0, 0.1) is 5.92 Å². The Hall–Kier alpha value is -1.84. The Labute approximate surface area is 119 Å². The summed E-state index contributed by atoms with van der Waals surface area (Å²) in [5.74, 6) is -0.673. The molecule has 0 spiro atoms. The van der Waals surface area contributed by atoms with Crippen LogP contribution in [-0.4, -0.2) is 25.2 Å². The summed E-state index contributed by atoms with van der Waals surface area (Å²) in [5, 5.41) is 0. The molecule has 20 heavy (non-hydrogen) atoms. The lowest BCUT2D eigenvalue weighted by Gasteiger charge is -2.18. The Bertz CT molecular complexity index is 499. The van der Waals surface area contributed by atoms with Crippen molar-refractivity contribution in [1.82, 2.24) is 0 Å². The number of rotatable bonds is 1. The molecule has 2 atom stereocenters. The van der Waals surface area contributed by atoms with E-state index in [1.807, 2.05) is 13.0 Å². The highest BCUT2D eigenvalue weighted by Gasteiger charge is 2.38. The average Bonchev–Trinajstić information content (AvgIpc) is 2.68. The van der Waals surface area contributed by atoms with Crippen LogP contribution in [0.1, 0.15) is 32.6 Å². The van der Waals surface area contributed by atoms with Gasteiger partial charge in [-0.1, -0.05) is 24.3 Å². The van der Waals surface area contributed by atoms with Crippen LogP contribution in [0.3, 0.4) is 0 Å². The zero-order valence-electron chi connectivity index (χ0n) is 12.0. The van der Waals surface area contributed by atoms with E-state index in [9.17, 15) is 9.59 Å². The topological polar surface area (TPSA) is 52.6 Å². The van der Waals surface area contributed by atoms with E-state index in [1.165, 1.54) is 12.7 Å². The zero-order valence-corrected chi connectivity index (χ0v) is 12.0. The van der Waals surface area contributed by atoms with Crippen LogP contribution in [0.5, 0.6) is 0 Å². The smallest absolute Gasteiger partial charge is 0.334 e. The van der Waals surface area contributed by atoms with Gasteiger partial charge in [0.15, 0.2) is 0 Å². The van der Waals surface area contributed by atoms with Crippen LogP contribution in [0.2, 0.25) is 0 Å². The van der Waals surface area contributed by atoms with Gasteiger partial charge in [0.25, 0.3) is 0 Å². The van der Waals surface area contributed by atoms with Gasteiger partial charge in [-0.15, -0.1) is 0 Å². The number of esters is 2. The highest BCUT2D eigenvalue weighted by Crippen LogP contribution is 2.34. The fourth-order valence-electron chi connectivity index (χ4n) is 2.71. The van der Waals surface area contributed by atoms with E-state index in [0.717, 1.165) is 12.8 Å². The van der Waals surface area contributed by atoms with Crippen LogP contribution in [-0.2, 0) is 19.1 Å². The third kappa shape index (κ3) is 3.00. The second-order valence-electron chi connectivity index (χ2n) is 5.33. The molecule has 1 aliphatic heterocycles. The number of methoxy groups -OCH3 is 1. The van der Waals surface area contributed by atoms with Gasteiger partial charge in [-0.3, -0.25) is 0 Å². The molecular weight excluding hydrogens is 256 g/mol. The predicted molar refractivity (Wildman–Crippen MR) is 74.8 cm³/mol. The van der Waals surface area contributed by atoms with E-state index < -0.39 is 0 Å². The molecule has 2 rings (SSSR count). The molecule has 2 aliphatic rings. The summed E-state index contributed by atoms with van der Waals surface area (Å²) in [6, 6.07) is 0. The van der Waals surface area contributed by atoms with E-state index in [-0.39, 0.29) is 24.0 Å². The molecule has 0 unspecified atom stereocenters. The summed E-state index contributed by atoms with van der Waals surface area (Å²) in [6.07, 6.45) is 6.56.